The van der Waals surface area contributed by atoms with Gasteiger partial charge in [0.2, 0.25) is 0 Å². The molecule has 4 heteroatoms. The molecule has 1 aromatic carbocycles. The summed E-state index contributed by atoms with van der Waals surface area (Å²) in [7, 11) is 0. The number of halogens is 1. The van der Waals surface area contributed by atoms with Gasteiger partial charge >= 0.3 is 0 Å². The molecular formula is C13H21FN2O. The molecule has 0 saturated heterocycles. The third-order valence-corrected chi connectivity index (χ3v) is 2.68. The van der Waals surface area contributed by atoms with Gasteiger partial charge < -0.3 is 15.7 Å². The third kappa shape index (κ3) is 3.68. The van der Waals surface area contributed by atoms with E-state index < -0.39 is 0 Å². The van der Waals surface area contributed by atoms with Crippen LogP contribution in [0.25, 0.3) is 0 Å². The number of hydrogen-bond acceptors (Lipinski definition) is 3. The van der Waals surface area contributed by atoms with Crippen molar-refractivity contribution < 1.29 is 9.50 Å². The molecule has 1 aromatic rings. The molecule has 0 heterocycles. The minimum Gasteiger partial charge on any atom is -0.395 e. The fraction of sp³-hybridized carbons (Fsp3) is 0.538. The van der Waals surface area contributed by atoms with Crippen LogP contribution in [0.2, 0.25) is 0 Å². The molecule has 0 amide bonds. The maximum atomic E-state index is 13.2. The Morgan fingerprint density at radius 1 is 1.41 bits per heavy atom. The second-order valence-corrected chi connectivity index (χ2v) is 4.20. The molecule has 0 radical (unpaired) electrons. The highest BCUT2D eigenvalue weighted by atomic mass is 19.1. The van der Waals surface area contributed by atoms with Crippen molar-refractivity contribution in [2.75, 3.05) is 24.6 Å². The summed E-state index contributed by atoms with van der Waals surface area (Å²) in [4.78, 5) is 2.04. The van der Waals surface area contributed by atoms with Crippen molar-refractivity contribution >= 4 is 5.69 Å². The van der Waals surface area contributed by atoms with Crippen LogP contribution in [0.4, 0.5) is 10.1 Å². The number of anilines is 1. The van der Waals surface area contributed by atoms with Gasteiger partial charge in [-0.2, -0.15) is 0 Å². The zero-order valence-electron chi connectivity index (χ0n) is 10.5. The fourth-order valence-electron chi connectivity index (χ4n) is 1.92. The van der Waals surface area contributed by atoms with Crippen LogP contribution >= 0.6 is 0 Å². The maximum absolute atomic E-state index is 13.2. The normalized spacial score (nSPS) is 12.5. The SMILES string of the molecule is CCCN(CCO)c1ccc(F)cc1[C@@H](C)N. The van der Waals surface area contributed by atoms with Gasteiger partial charge in [-0.25, -0.2) is 4.39 Å². The van der Waals surface area contributed by atoms with Crippen LogP contribution < -0.4 is 10.6 Å². The van der Waals surface area contributed by atoms with Crippen molar-refractivity contribution in [3.63, 3.8) is 0 Å². The zero-order chi connectivity index (χ0) is 12.8. The minimum atomic E-state index is -0.276. The fourth-order valence-corrected chi connectivity index (χ4v) is 1.92. The zero-order valence-corrected chi connectivity index (χ0v) is 10.5. The first kappa shape index (κ1) is 13.9. The maximum Gasteiger partial charge on any atom is 0.123 e. The third-order valence-electron chi connectivity index (χ3n) is 2.68. The molecule has 1 rings (SSSR count). The number of benzene rings is 1. The standard InChI is InChI=1S/C13H21FN2O/c1-3-6-16(7-8-17)13-5-4-11(14)9-12(13)10(2)15/h4-5,9-10,17H,3,6-8,15H2,1-2H3/t10-/m1/s1. The molecule has 0 bridgehead atoms. The second kappa shape index (κ2) is 6.57. The Bertz CT molecular complexity index is 349. The molecule has 0 aliphatic rings. The number of rotatable bonds is 6. The van der Waals surface area contributed by atoms with E-state index >= 15 is 0 Å². The lowest BCUT2D eigenvalue weighted by Crippen LogP contribution is -2.29. The van der Waals surface area contributed by atoms with Crippen molar-refractivity contribution in [3.8, 4) is 0 Å². The van der Waals surface area contributed by atoms with E-state index in [0.29, 0.717) is 6.54 Å². The summed E-state index contributed by atoms with van der Waals surface area (Å²) in [5, 5.41) is 9.06. The lowest BCUT2D eigenvalue weighted by molar-refractivity contribution is 0.301. The van der Waals surface area contributed by atoms with Crippen molar-refractivity contribution in [2.24, 2.45) is 5.73 Å². The highest BCUT2D eigenvalue weighted by Gasteiger charge is 2.13. The van der Waals surface area contributed by atoms with E-state index in [4.69, 9.17) is 10.8 Å². The number of hydrogen-bond donors (Lipinski definition) is 2. The lowest BCUT2D eigenvalue weighted by atomic mass is 10.1. The first-order chi connectivity index (χ1) is 8.10. The Kier molecular flexibility index (Phi) is 5.38. The summed E-state index contributed by atoms with van der Waals surface area (Å²) in [6, 6.07) is 4.42. The van der Waals surface area contributed by atoms with Crippen LogP contribution in [0, 0.1) is 5.82 Å². The minimum absolute atomic E-state index is 0.0791. The van der Waals surface area contributed by atoms with Gasteiger partial charge in [-0.3, -0.25) is 0 Å². The van der Waals surface area contributed by atoms with Crippen molar-refractivity contribution in [3.05, 3.63) is 29.6 Å². The molecular weight excluding hydrogens is 219 g/mol. The molecule has 0 aliphatic heterocycles. The van der Waals surface area contributed by atoms with E-state index in [1.807, 2.05) is 11.8 Å². The van der Waals surface area contributed by atoms with E-state index in [9.17, 15) is 4.39 Å². The first-order valence-corrected chi connectivity index (χ1v) is 6.01. The Morgan fingerprint density at radius 3 is 2.65 bits per heavy atom. The molecule has 3 N–H and O–H groups in total. The first-order valence-electron chi connectivity index (χ1n) is 6.01. The van der Waals surface area contributed by atoms with Gasteiger partial charge in [-0.05, 0) is 37.1 Å². The lowest BCUT2D eigenvalue weighted by Gasteiger charge is -2.27. The summed E-state index contributed by atoms with van der Waals surface area (Å²) < 4.78 is 13.2. The molecule has 0 saturated carbocycles. The van der Waals surface area contributed by atoms with Gasteiger partial charge in [0, 0.05) is 24.8 Å². The highest BCUT2D eigenvalue weighted by molar-refractivity contribution is 5.55. The molecule has 96 valence electrons. The van der Waals surface area contributed by atoms with Crippen LogP contribution in [-0.2, 0) is 0 Å². The van der Waals surface area contributed by atoms with Crippen molar-refractivity contribution in [1.29, 1.82) is 0 Å². The number of aliphatic hydroxyl groups is 1. The Balaban J connectivity index is 3.07. The number of nitrogens with two attached hydrogens (primary N) is 1. The molecule has 1 atom stereocenters. The van der Waals surface area contributed by atoms with Gasteiger partial charge in [0.05, 0.1) is 6.61 Å². The van der Waals surface area contributed by atoms with E-state index in [1.165, 1.54) is 12.1 Å². The summed E-state index contributed by atoms with van der Waals surface area (Å²) in [5.74, 6) is -0.276. The van der Waals surface area contributed by atoms with Crippen molar-refractivity contribution in [1.82, 2.24) is 0 Å². The summed E-state index contributed by atoms with van der Waals surface area (Å²) >= 11 is 0. The largest absolute Gasteiger partial charge is 0.395 e. The van der Waals surface area contributed by atoms with Gasteiger partial charge in [0.15, 0.2) is 0 Å². The van der Waals surface area contributed by atoms with Crippen LogP contribution in [-0.4, -0.2) is 24.8 Å². The topological polar surface area (TPSA) is 49.5 Å². The predicted octanol–water partition coefficient (Wildman–Crippen LogP) is 2.05. The summed E-state index contributed by atoms with van der Waals surface area (Å²) in [6.45, 7) is 5.35. The Labute approximate surface area is 102 Å². The van der Waals surface area contributed by atoms with E-state index in [2.05, 4.69) is 6.92 Å². The second-order valence-electron chi connectivity index (χ2n) is 4.20. The molecule has 0 fully saturated rings. The highest BCUT2D eigenvalue weighted by Crippen LogP contribution is 2.26. The van der Waals surface area contributed by atoms with Crippen LogP contribution in [0.3, 0.4) is 0 Å². The smallest absolute Gasteiger partial charge is 0.123 e. The van der Waals surface area contributed by atoms with Gasteiger partial charge in [0.25, 0.3) is 0 Å². The molecule has 0 unspecified atom stereocenters. The molecule has 3 nitrogen and oxygen atoms in total. The Morgan fingerprint density at radius 2 is 2.12 bits per heavy atom. The van der Waals surface area contributed by atoms with Gasteiger partial charge in [0.1, 0.15) is 5.82 Å². The van der Waals surface area contributed by atoms with E-state index in [-0.39, 0.29) is 18.5 Å². The Hall–Kier alpha value is -1.13. The van der Waals surface area contributed by atoms with Gasteiger partial charge in [-0.15, -0.1) is 0 Å². The van der Waals surface area contributed by atoms with Crippen LogP contribution in [0.15, 0.2) is 18.2 Å². The van der Waals surface area contributed by atoms with Crippen LogP contribution in [0.1, 0.15) is 31.9 Å². The summed E-state index contributed by atoms with van der Waals surface area (Å²) in [5.41, 5.74) is 7.56. The number of nitrogens with zero attached hydrogens (tertiary/aromatic N) is 1. The van der Waals surface area contributed by atoms with E-state index in [1.54, 1.807) is 6.07 Å². The quantitative estimate of drug-likeness (QED) is 0.800. The molecule has 0 aromatic heterocycles. The molecule has 0 aliphatic carbocycles. The molecule has 17 heavy (non-hydrogen) atoms. The average molecular weight is 240 g/mol. The number of aliphatic hydroxyl groups excluding tert-OH is 1. The average Bonchev–Trinajstić information content (AvgIpc) is 2.28. The van der Waals surface area contributed by atoms with E-state index in [0.717, 1.165) is 24.2 Å². The summed E-state index contributed by atoms with van der Waals surface area (Å²) in [6.07, 6.45) is 0.968. The van der Waals surface area contributed by atoms with Crippen LogP contribution in [0.5, 0.6) is 0 Å². The van der Waals surface area contributed by atoms with Crippen molar-refractivity contribution in [2.45, 2.75) is 26.3 Å². The van der Waals surface area contributed by atoms with Gasteiger partial charge in [-0.1, -0.05) is 6.92 Å². The monoisotopic (exact) mass is 240 g/mol. The molecule has 0 spiro atoms. The predicted molar refractivity (Wildman–Crippen MR) is 68.6 cm³/mol.